The van der Waals surface area contributed by atoms with Gasteiger partial charge in [-0.1, -0.05) is 115 Å². The molecule has 0 atom stereocenters. The van der Waals surface area contributed by atoms with E-state index in [1.54, 1.807) is 0 Å². The lowest BCUT2D eigenvalue weighted by Gasteiger charge is -2.15. The summed E-state index contributed by atoms with van der Waals surface area (Å²) in [5.74, 6) is 0.826. The Kier molecular flexibility index (Phi) is 5.08. The Morgan fingerprint density at radius 2 is 1.12 bits per heavy atom. The van der Waals surface area contributed by atoms with Crippen molar-refractivity contribution in [2.45, 2.75) is 0 Å². The van der Waals surface area contributed by atoms with E-state index in [0.717, 1.165) is 66.2 Å². The summed E-state index contributed by atoms with van der Waals surface area (Å²) in [5.41, 5.74) is 6.93. The lowest BCUT2D eigenvalue weighted by atomic mass is 9.89. The summed E-state index contributed by atoms with van der Waals surface area (Å²) < 4.78 is 9.29. The van der Waals surface area contributed by atoms with Crippen LogP contribution in [0.4, 0.5) is 0 Å². The van der Waals surface area contributed by atoms with Crippen LogP contribution in [0, 0.1) is 0 Å². The third kappa shape index (κ3) is 3.33. The van der Waals surface area contributed by atoms with Gasteiger partial charge in [0.05, 0.1) is 22.7 Å². The van der Waals surface area contributed by atoms with E-state index in [1.807, 2.05) is 12.4 Å². The molecule has 11 rings (SSSR count). The summed E-state index contributed by atoms with van der Waals surface area (Å²) >= 11 is 0. The Balaban J connectivity index is 1.45. The third-order valence-corrected chi connectivity index (χ3v) is 10.0. The molecule has 0 fully saturated rings. The maximum atomic E-state index is 6.97. The maximum absolute atomic E-state index is 6.97. The number of nitrogens with zero attached hydrogens (tertiary/aromatic N) is 3. The predicted molar refractivity (Wildman–Crippen MR) is 199 cm³/mol. The molecule has 7 aromatic carbocycles. The van der Waals surface area contributed by atoms with Crippen molar-refractivity contribution >= 4 is 87.0 Å². The van der Waals surface area contributed by atoms with Gasteiger partial charge in [-0.2, -0.15) is 0 Å². The first-order chi connectivity index (χ1) is 23.8. The van der Waals surface area contributed by atoms with Crippen LogP contribution in [-0.4, -0.2) is 14.5 Å². The minimum absolute atomic E-state index is 0.826. The number of furan rings is 1. The number of benzene rings is 7. The number of hydrogen-bond acceptors (Lipinski definition) is 3. The standard InChI is InChI=1S/C44H25N3O/c1-2-12-26(13-3-1)34-24-38(46-35-25-45-23-22-29(34)35)47-36-20-10-8-18-32(36)41-39-30-16-6-4-14-27(30)28-15-5-7-17-31(28)40(39)42-33-19-9-11-21-37(33)48-44(42)43(41)47/h1-25H. The average molecular weight is 612 g/mol. The second-order valence-electron chi connectivity index (χ2n) is 12.5. The zero-order valence-electron chi connectivity index (χ0n) is 25.7. The molecule has 0 saturated carbocycles. The molecule has 48 heavy (non-hydrogen) atoms. The minimum Gasteiger partial charge on any atom is -0.454 e. The molecule has 4 heterocycles. The van der Waals surface area contributed by atoms with Crippen molar-refractivity contribution in [2.75, 3.05) is 0 Å². The van der Waals surface area contributed by atoms with Gasteiger partial charge in [0.2, 0.25) is 0 Å². The number of pyridine rings is 2. The van der Waals surface area contributed by atoms with E-state index in [1.165, 1.54) is 37.7 Å². The quantitative estimate of drug-likeness (QED) is 0.183. The van der Waals surface area contributed by atoms with Crippen LogP contribution in [0.1, 0.15) is 0 Å². The molecule has 11 aromatic rings. The summed E-state index contributed by atoms with van der Waals surface area (Å²) in [7, 11) is 0. The summed E-state index contributed by atoms with van der Waals surface area (Å²) in [6.07, 6.45) is 3.71. The molecule has 0 aliphatic heterocycles. The van der Waals surface area contributed by atoms with Crippen molar-refractivity contribution in [3.8, 4) is 16.9 Å². The first kappa shape index (κ1) is 25.6. The van der Waals surface area contributed by atoms with E-state index < -0.39 is 0 Å². The number of hydrogen-bond donors (Lipinski definition) is 0. The second-order valence-corrected chi connectivity index (χ2v) is 12.5. The van der Waals surface area contributed by atoms with E-state index in [9.17, 15) is 0 Å². The van der Waals surface area contributed by atoms with Crippen molar-refractivity contribution in [3.05, 3.63) is 152 Å². The summed E-state index contributed by atoms with van der Waals surface area (Å²) in [6, 6.07) is 49.6. The number of aromatic nitrogens is 3. The molecule has 4 nitrogen and oxygen atoms in total. The maximum Gasteiger partial charge on any atom is 0.160 e. The van der Waals surface area contributed by atoms with Crippen LogP contribution < -0.4 is 0 Å². The van der Waals surface area contributed by atoms with Gasteiger partial charge in [-0.25, -0.2) is 4.98 Å². The molecule has 0 aliphatic rings. The molecule has 0 amide bonds. The summed E-state index contributed by atoms with van der Waals surface area (Å²) in [6.45, 7) is 0. The highest BCUT2D eigenvalue weighted by atomic mass is 16.3. The Labute approximate surface area is 274 Å². The fourth-order valence-electron chi connectivity index (χ4n) is 8.10. The van der Waals surface area contributed by atoms with Crippen molar-refractivity contribution < 1.29 is 4.42 Å². The van der Waals surface area contributed by atoms with Crippen LogP contribution in [0.25, 0.3) is 104 Å². The van der Waals surface area contributed by atoms with Gasteiger partial charge in [0, 0.05) is 43.9 Å². The van der Waals surface area contributed by atoms with Crippen LogP contribution >= 0.6 is 0 Å². The number of fused-ring (bicyclic) bond motifs is 16. The topological polar surface area (TPSA) is 43.9 Å². The van der Waals surface area contributed by atoms with Gasteiger partial charge in [-0.05, 0) is 56.9 Å². The highest BCUT2D eigenvalue weighted by molar-refractivity contribution is 6.44. The Morgan fingerprint density at radius 1 is 0.500 bits per heavy atom. The molecular weight excluding hydrogens is 587 g/mol. The highest BCUT2D eigenvalue weighted by Crippen LogP contribution is 2.50. The van der Waals surface area contributed by atoms with E-state index in [2.05, 4.69) is 149 Å². The molecule has 0 N–H and O–H groups in total. The monoisotopic (exact) mass is 611 g/mol. The summed E-state index contributed by atoms with van der Waals surface area (Å²) in [5, 5.41) is 13.0. The largest absolute Gasteiger partial charge is 0.454 e. The zero-order chi connectivity index (χ0) is 31.3. The van der Waals surface area contributed by atoms with Gasteiger partial charge in [-0.15, -0.1) is 0 Å². The lowest BCUT2D eigenvalue weighted by molar-refractivity contribution is 0.671. The number of para-hydroxylation sites is 2. The first-order valence-corrected chi connectivity index (χ1v) is 16.3. The first-order valence-electron chi connectivity index (χ1n) is 16.3. The van der Waals surface area contributed by atoms with E-state index in [0.29, 0.717) is 0 Å². The van der Waals surface area contributed by atoms with E-state index >= 15 is 0 Å². The Morgan fingerprint density at radius 3 is 1.90 bits per heavy atom. The Hall–Kier alpha value is -6.52. The smallest absolute Gasteiger partial charge is 0.160 e. The second kappa shape index (κ2) is 9.50. The number of rotatable bonds is 2. The van der Waals surface area contributed by atoms with Crippen LogP contribution in [-0.2, 0) is 0 Å². The highest BCUT2D eigenvalue weighted by Gasteiger charge is 2.26. The van der Waals surface area contributed by atoms with Crippen molar-refractivity contribution in [2.24, 2.45) is 0 Å². The van der Waals surface area contributed by atoms with Gasteiger partial charge >= 0.3 is 0 Å². The zero-order valence-corrected chi connectivity index (χ0v) is 25.7. The van der Waals surface area contributed by atoms with Gasteiger partial charge in [-0.3, -0.25) is 9.55 Å². The lowest BCUT2D eigenvalue weighted by Crippen LogP contribution is -2.00. The molecule has 0 unspecified atom stereocenters. The van der Waals surface area contributed by atoms with Gasteiger partial charge in [0.15, 0.2) is 5.58 Å². The van der Waals surface area contributed by atoms with Gasteiger partial charge in [0.25, 0.3) is 0 Å². The third-order valence-electron chi connectivity index (χ3n) is 10.0. The molecule has 0 spiro atoms. The van der Waals surface area contributed by atoms with Crippen LogP contribution in [0.2, 0.25) is 0 Å². The van der Waals surface area contributed by atoms with E-state index in [-0.39, 0.29) is 0 Å². The van der Waals surface area contributed by atoms with Gasteiger partial charge in [0.1, 0.15) is 11.4 Å². The molecule has 0 saturated heterocycles. The molecule has 222 valence electrons. The van der Waals surface area contributed by atoms with E-state index in [4.69, 9.17) is 9.40 Å². The van der Waals surface area contributed by atoms with Crippen LogP contribution in [0.5, 0.6) is 0 Å². The van der Waals surface area contributed by atoms with Crippen molar-refractivity contribution in [3.63, 3.8) is 0 Å². The van der Waals surface area contributed by atoms with Crippen LogP contribution in [0.3, 0.4) is 0 Å². The summed E-state index contributed by atoms with van der Waals surface area (Å²) in [4.78, 5) is 9.80. The van der Waals surface area contributed by atoms with Gasteiger partial charge < -0.3 is 4.42 Å². The van der Waals surface area contributed by atoms with Crippen molar-refractivity contribution in [1.29, 1.82) is 0 Å². The Bertz CT molecular complexity index is 3120. The molecular formula is C44H25N3O. The minimum atomic E-state index is 0.826. The fraction of sp³-hybridized carbons (Fsp3) is 0. The fourth-order valence-corrected chi connectivity index (χ4v) is 8.10. The molecule has 0 bridgehead atoms. The van der Waals surface area contributed by atoms with Crippen molar-refractivity contribution in [1.82, 2.24) is 14.5 Å². The molecule has 0 radical (unpaired) electrons. The average Bonchev–Trinajstić information content (AvgIpc) is 3.71. The predicted octanol–water partition coefficient (Wildman–Crippen LogP) is 11.8. The molecule has 4 aromatic heterocycles. The SMILES string of the molecule is c1ccc(-c2cc(-n3c4ccccc4c4c5c6ccccc6c6ccccc6c5c5c6ccccc6oc5c43)nc3cnccc23)cc1. The molecule has 0 aliphatic carbocycles. The molecule has 4 heteroatoms. The normalized spacial score (nSPS) is 12.2. The van der Waals surface area contributed by atoms with Crippen LogP contribution in [0.15, 0.2) is 156 Å².